The van der Waals surface area contributed by atoms with Gasteiger partial charge in [0.1, 0.15) is 0 Å². The fraction of sp³-hybridized carbons (Fsp3) is 0.714. The minimum atomic E-state index is -0.364. The molecule has 0 saturated carbocycles. The SMILES string of the molecule is CCn1cc(C(=O)N2CCCC(CCOC)(c3noc(C4CCOCC4)n3)C2)cn1. The summed E-state index contributed by atoms with van der Waals surface area (Å²) in [6.07, 6.45) is 7.80. The van der Waals surface area contributed by atoms with Gasteiger partial charge in [0.25, 0.3) is 5.91 Å². The van der Waals surface area contributed by atoms with Crippen LogP contribution in [0.15, 0.2) is 16.9 Å². The molecule has 2 aromatic heterocycles. The quantitative estimate of drug-likeness (QED) is 0.682. The summed E-state index contributed by atoms with van der Waals surface area (Å²) in [5.41, 5.74) is 0.257. The Morgan fingerprint density at radius 2 is 2.20 bits per heavy atom. The Morgan fingerprint density at radius 1 is 1.37 bits per heavy atom. The predicted octanol–water partition coefficient (Wildman–Crippen LogP) is 2.39. The van der Waals surface area contributed by atoms with Gasteiger partial charge in [-0.2, -0.15) is 10.1 Å². The highest BCUT2D eigenvalue weighted by Gasteiger charge is 2.43. The molecule has 0 N–H and O–H groups in total. The summed E-state index contributed by atoms with van der Waals surface area (Å²) in [7, 11) is 1.70. The first-order valence-electron chi connectivity index (χ1n) is 10.9. The van der Waals surface area contributed by atoms with E-state index in [0.29, 0.717) is 30.4 Å². The van der Waals surface area contributed by atoms with Crippen LogP contribution in [-0.4, -0.2) is 70.7 Å². The standard InChI is InChI=1S/C21H31N5O4/c1-3-26-14-17(13-22-26)19(27)25-9-4-7-21(15-25,8-12-28-2)20-23-18(30-24-20)16-5-10-29-11-6-16/h13-14,16H,3-12,15H2,1-2H3. The molecule has 2 saturated heterocycles. The van der Waals surface area contributed by atoms with Crippen molar-refractivity contribution in [2.45, 2.75) is 56.9 Å². The van der Waals surface area contributed by atoms with E-state index < -0.39 is 0 Å². The lowest BCUT2D eigenvalue weighted by Gasteiger charge is -2.40. The molecule has 0 bridgehead atoms. The van der Waals surface area contributed by atoms with E-state index in [-0.39, 0.29) is 17.2 Å². The van der Waals surface area contributed by atoms with E-state index in [1.807, 2.05) is 18.0 Å². The van der Waals surface area contributed by atoms with Gasteiger partial charge in [0.2, 0.25) is 5.89 Å². The van der Waals surface area contributed by atoms with Gasteiger partial charge in [-0.25, -0.2) is 0 Å². The summed E-state index contributed by atoms with van der Waals surface area (Å²) >= 11 is 0. The lowest BCUT2D eigenvalue weighted by Crippen LogP contribution is -2.49. The van der Waals surface area contributed by atoms with E-state index in [2.05, 4.69) is 10.3 Å². The van der Waals surface area contributed by atoms with Crippen LogP contribution in [0.4, 0.5) is 0 Å². The monoisotopic (exact) mass is 417 g/mol. The number of likely N-dealkylation sites (tertiary alicyclic amines) is 1. The second-order valence-electron chi connectivity index (χ2n) is 8.28. The summed E-state index contributed by atoms with van der Waals surface area (Å²) in [6, 6.07) is 0. The summed E-state index contributed by atoms with van der Waals surface area (Å²) in [5.74, 6) is 1.64. The minimum Gasteiger partial charge on any atom is -0.385 e. The molecule has 0 spiro atoms. The Hall–Kier alpha value is -2.26. The molecule has 4 heterocycles. The van der Waals surface area contributed by atoms with E-state index in [4.69, 9.17) is 19.0 Å². The third kappa shape index (κ3) is 4.27. The molecular weight excluding hydrogens is 386 g/mol. The molecule has 4 rings (SSSR count). The summed E-state index contributed by atoms with van der Waals surface area (Å²) in [6.45, 7) is 6.05. The zero-order chi connectivity index (χ0) is 21.0. The number of nitrogens with zero attached hydrogens (tertiary/aromatic N) is 5. The van der Waals surface area contributed by atoms with E-state index in [1.54, 1.807) is 18.0 Å². The van der Waals surface area contributed by atoms with Gasteiger partial charge < -0.3 is 18.9 Å². The molecule has 0 aromatic carbocycles. The van der Waals surface area contributed by atoms with Crippen LogP contribution in [-0.2, 0) is 21.4 Å². The first kappa shape index (κ1) is 21.0. The van der Waals surface area contributed by atoms with Crippen molar-refractivity contribution in [1.82, 2.24) is 24.8 Å². The third-order valence-corrected chi connectivity index (χ3v) is 6.34. The Balaban J connectivity index is 1.56. The molecule has 1 atom stereocenters. The number of carbonyl (C=O) groups is 1. The molecule has 2 aliphatic rings. The lowest BCUT2D eigenvalue weighted by atomic mass is 9.76. The zero-order valence-corrected chi connectivity index (χ0v) is 17.9. The highest BCUT2D eigenvalue weighted by Crippen LogP contribution is 2.37. The average Bonchev–Trinajstić information content (AvgIpc) is 3.48. The van der Waals surface area contributed by atoms with Gasteiger partial charge in [-0.15, -0.1) is 0 Å². The van der Waals surface area contributed by atoms with Crippen molar-refractivity contribution < 1.29 is 18.8 Å². The predicted molar refractivity (Wildman–Crippen MR) is 108 cm³/mol. The number of aryl methyl sites for hydroxylation is 1. The van der Waals surface area contributed by atoms with Crippen molar-refractivity contribution in [3.05, 3.63) is 29.7 Å². The smallest absolute Gasteiger partial charge is 0.257 e. The van der Waals surface area contributed by atoms with Crippen LogP contribution in [0.5, 0.6) is 0 Å². The van der Waals surface area contributed by atoms with Gasteiger partial charge in [-0.3, -0.25) is 9.48 Å². The summed E-state index contributed by atoms with van der Waals surface area (Å²) in [5, 5.41) is 8.64. The van der Waals surface area contributed by atoms with Gasteiger partial charge >= 0.3 is 0 Å². The van der Waals surface area contributed by atoms with Gasteiger partial charge in [0, 0.05) is 58.7 Å². The summed E-state index contributed by atoms with van der Waals surface area (Å²) in [4.78, 5) is 19.9. The van der Waals surface area contributed by atoms with E-state index in [1.165, 1.54) is 0 Å². The first-order valence-corrected chi connectivity index (χ1v) is 10.9. The number of ether oxygens (including phenoxy) is 2. The molecule has 2 aliphatic heterocycles. The second kappa shape index (κ2) is 9.26. The Kier molecular flexibility index (Phi) is 6.48. The van der Waals surface area contributed by atoms with Gasteiger partial charge in [0.05, 0.1) is 17.2 Å². The first-order chi connectivity index (χ1) is 14.6. The van der Waals surface area contributed by atoms with Gasteiger partial charge in [-0.1, -0.05) is 5.16 Å². The van der Waals surface area contributed by atoms with Crippen LogP contribution in [0.3, 0.4) is 0 Å². The fourth-order valence-corrected chi connectivity index (χ4v) is 4.49. The van der Waals surface area contributed by atoms with Gasteiger partial charge in [-0.05, 0) is 39.0 Å². The molecule has 164 valence electrons. The summed E-state index contributed by atoms with van der Waals surface area (Å²) < 4.78 is 18.3. The van der Waals surface area contributed by atoms with Crippen LogP contribution in [0.25, 0.3) is 0 Å². The van der Waals surface area contributed by atoms with Crippen molar-refractivity contribution in [2.24, 2.45) is 0 Å². The van der Waals surface area contributed by atoms with E-state index >= 15 is 0 Å². The maximum atomic E-state index is 13.1. The Labute approximate surface area is 176 Å². The highest BCUT2D eigenvalue weighted by atomic mass is 16.5. The molecule has 9 nitrogen and oxygen atoms in total. The van der Waals surface area contributed by atoms with Crippen LogP contribution >= 0.6 is 0 Å². The van der Waals surface area contributed by atoms with Crippen LogP contribution in [0, 0.1) is 0 Å². The number of hydrogen-bond acceptors (Lipinski definition) is 7. The Morgan fingerprint density at radius 3 is 2.93 bits per heavy atom. The molecule has 1 amide bonds. The molecule has 1 unspecified atom stereocenters. The molecule has 2 aromatic rings. The number of rotatable bonds is 7. The number of piperidine rings is 1. The van der Waals surface area contributed by atoms with E-state index in [0.717, 1.165) is 58.4 Å². The number of hydrogen-bond donors (Lipinski definition) is 0. The molecule has 30 heavy (non-hydrogen) atoms. The molecule has 2 fully saturated rings. The number of amides is 1. The van der Waals surface area contributed by atoms with Crippen molar-refractivity contribution in [2.75, 3.05) is 40.0 Å². The van der Waals surface area contributed by atoms with Crippen molar-refractivity contribution in [3.63, 3.8) is 0 Å². The highest BCUT2D eigenvalue weighted by molar-refractivity contribution is 5.93. The van der Waals surface area contributed by atoms with Crippen LogP contribution in [0.1, 0.15) is 67.0 Å². The molecule has 0 aliphatic carbocycles. The largest absolute Gasteiger partial charge is 0.385 e. The molecular formula is C21H31N5O4. The van der Waals surface area contributed by atoms with Crippen molar-refractivity contribution >= 4 is 5.91 Å². The maximum Gasteiger partial charge on any atom is 0.257 e. The zero-order valence-electron chi connectivity index (χ0n) is 17.9. The molecule has 9 heteroatoms. The Bertz CT molecular complexity index is 844. The normalized spacial score (nSPS) is 23.1. The second-order valence-corrected chi connectivity index (χ2v) is 8.28. The third-order valence-electron chi connectivity index (χ3n) is 6.34. The maximum absolute atomic E-state index is 13.1. The fourth-order valence-electron chi connectivity index (χ4n) is 4.49. The van der Waals surface area contributed by atoms with Crippen molar-refractivity contribution in [1.29, 1.82) is 0 Å². The van der Waals surface area contributed by atoms with E-state index in [9.17, 15) is 4.79 Å². The average molecular weight is 418 g/mol. The van der Waals surface area contributed by atoms with Crippen LogP contribution in [0.2, 0.25) is 0 Å². The number of aromatic nitrogens is 4. The topological polar surface area (TPSA) is 95.5 Å². The molecule has 0 radical (unpaired) electrons. The van der Waals surface area contributed by atoms with Gasteiger partial charge in [0.15, 0.2) is 5.82 Å². The number of methoxy groups -OCH3 is 1. The lowest BCUT2D eigenvalue weighted by molar-refractivity contribution is 0.0567. The van der Waals surface area contributed by atoms with Crippen LogP contribution < -0.4 is 0 Å². The number of carbonyl (C=O) groups excluding carboxylic acids is 1. The van der Waals surface area contributed by atoms with Crippen molar-refractivity contribution in [3.8, 4) is 0 Å². The minimum absolute atomic E-state index is 0.00402.